The second-order valence-corrected chi connectivity index (χ2v) is 6.46. The third-order valence-corrected chi connectivity index (χ3v) is 4.57. The lowest BCUT2D eigenvalue weighted by atomic mass is 9.92. The number of aryl methyl sites for hydroxylation is 1. The topological polar surface area (TPSA) is 61.6 Å². The van der Waals surface area contributed by atoms with E-state index in [1.165, 1.54) is 12.8 Å². The summed E-state index contributed by atoms with van der Waals surface area (Å²) >= 11 is 1.67. The molecule has 0 amide bonds. The molecule has 1 aromatic heterocycles. The molecule has 1 aliphatic rings. The molecule has 1 unspecified atom stereocenters. The summed E-state index contributed by atoms with van der Waals surface area (Å²) in [5.74, 6) is 0.958. The van der Waals surface area contributed by atoms with Gasteiger partial charge in [0, 0.05) is 23.7 Å². The molecule has 20 heavy (non-hydrogen) atoms. The first-order valence-electron chi connectivity index (χ1n) is 7.29. The van der Waals surface area contributed by atoms with Crippen molar-refractivity contribution in [1.29, 1.82) is 5.26 Å². The van der Waals surface area contributed by atoms with Crippen LogP contribution in [0.2, 0.25) is 0 Å². The van der Waals surface area contributed by atoms with Crippen molar-refractivity contribution in [2.24, 2.45) is 0 Å². The van der Waals surface area contributed by atoms with Gasteiger partial charge in [0.1, 0.15) is 5.54 Å². The summed E-state index contributed by atoms with van der Waals surface area (Å²) in [6, 6.07) is 4.97. The maximum Gasteiger partial charge on any atom is 0.187 e. The SMILES string of the molecule is CCC(C#N)(CCCSc1nccc(C)n1)NC1CC1. The zero-order chi connectivity index (χ0) is 14.4. The zero-order valence-electron chi connectivity index (χ0n) is 12.2. The molecule has 0 aliphatic heterocycles. The first kappa shape index (κ1) is 15.3. The van der Waals surface area contributed by atoms with Gasteiger partial charge in [-0.15, -0.1) is 0 Å². The van der Waals surface area contributed by atoms with E-state index in [0.29, 0.717) is 6.04 Å². The zero-order valence-corrected chi connectivity index (χ0v) is 13.0. The van der Waals surface area contributed by atoms with Gasteiger partial charge in [-0.25, -0.2) is 9.97 Å². The summed E-state index contributed by atoms with van der Waals surface area (Å²) in [6.07, 6.45) is 7.00. The molecular formula is C15H22N4S. The monoisotopic (exact) mass is 290 g/mol. The first-order chi connectivity index (χ1) is 9.67. The summed E-state index contributed by atoms with van der Waals surface area (Å²) < 4.78 is 0. The molecule has 1 saturated carbocycles. The minimum atomic E-state index is -0.338. The van der Waals surface area contributed by atoms with E-state index in [2.05, 4.69) is 28.3 Å². The summed E-state index contributed by atoms with van der Waals surface area (Å²) in [6.45, 7) is 4.07. The Kier molecular flexibility index (Phi) is 5.38. The first-order valence-corrected chi connectivity index (χ1v) is 8.27. The van der Waals surface area contributed by atoms with Crippen LogP contribution >= 0.6 is 11.8 Å². The average molecular weight is 290 g/mol. The van der Waals surface area contributed by atoms with Crippen molar-refractivity contribution in [2.45, 2.75) is 62.7 Å². The molecule has 5 heteroatoms. The molecule has 4 nitrogen and oxygen atoms in total. The molecule has 1 heterocycles. The van der Waals surface area contributed by atoms with Crippen LogP contribution in [0.4, 0.5) is 0 Å². The average Bonchev–Trinajstić information content (AvgIpc) is 3.26. The van der Waals surface area contributed by atoms with Crippen LogP contribution in [0.3, 0.4) is 0 Å². The summed E-state index contributed by atoms with van der Waals surface area (Å²) in [7, 11) is 0. The molecule has 0 saturated heterocycles. The Morgan fingerprint density at radius 3 is 2.95 bits per heavy atom. The molecule has 1 aliphatic carbocycles. The number of hydrogen-bond acceptors (Lipinski definition) is 5. The Balaban J connectivity index is 1.77. The van der Waals surface area contributed by atoms with Crippen LogP contribution in [-0.2, 0) is 0 Å². The summed E-state index contributed by atoms with van der Waals surface area (Å²) in [5, 5.41) is 13.8. The molecule has 1 atom stereocenters. The van der Waals surface area contributed by atoms with E-state index in [1.54, 1.807) is 18.0 Å². The largest absolute Gasteiger partial charge is 0.297 e. The van der Waals surface area contributed by atoms with E-state index >= 15 is 0 Å². The van der Waals surface area contributed by atoms with Gasteiger partial charge in [-0.1, -0.05) is 18.7 Å². The minimum Gasteiger partial charge on any atom is -0.297 e. The van der Waals surface area contributed by atoms with Crippen LogP contribution in [0.1, 0.15) is 44.7 Å². The number of rotatable bonds is 8. The fourth-order valence-electron chi connectivity index (χ4n) is 2.17. The molecule has 0 aromatic carbocycles. The van der Waals surface area contributed by atoms with Crippen molar-refractivity contribution < 1.29 is 0 Å². The van der Waals surface area contributed by atoms with Crippen molar-refractivity contribution >= 4 is 11.8 Å². The van der Waals surface area contributed by atoms with Crippen LogP contribution in [0.15, 0.2) is 17.4 Å². The van der Waals surface area contributed by atoms with E-state index in [4.69, 9.17) is 0 Å². The number of aromatic nitrogens is 2. The van der Waals surface area contributed by atoms with Gasteiger partial charge in [0.2, 0.25) is 0 Å². The number of nitrogens with zero attached hydrogens (tertiary/aromatic N) is 3. The van der Waals surface area contributed by atoms with Crippen LogP contribution in [0, 0.1) is 18.3 Å². The van der Waals surface area contributed by atoms with Gasteiger partial charge in [-0.2, -0.15) is 5.26 Å². The standard InChI is InChI=1S/C15H22N4S/c1-3-15(11-16,19-13-5-6-13)8-4-10-20-14-17-9-7-12(2)18-14/h7,9,13,19H,3-6,8,10H2,1-2H3. The number of hydrogen-bond donors (Lipinski definition) is 1. The molecule has 1 fully saturated rings. The van der Waals surface area contributed by atoms with Crippen molar-refractivity contribution in [3.05, 3.63) is 18.0 Å². The quantitative estimate of drug-likeness (QED) is 0.453. The highest BCUT2D eigenvalue weighted by Gasteiger charge is 2.34. The summed E-state index contributed by atoms with van der Waals surface area (Å²) in [5.41, 5.74) is 0.660. The second-order valence-electron chi connectivity index (χ2n) is 5.40. The van der Waals surface area contributed by atoms with Crippen LogP contribution in [-0.4, -0.2) is 27.3 Å². The van der Waals surface area contributed by atoms with E-state index in [1.807, 2.05) is 13.0 Å². The van der Waals surface area contributed by atoms with E-state index in [9.17, 15) is 5.26 Å². The van der Waals surface area contributed by atoms with E-state index in [-0.39, 0.29) is 5.54 Å². The smallest absolute Gasteiger partial charge is 0.187 e. The second kappa shape index (κ2) is 7.05. The predicted molar refractivity (Wildman–Crippen MR) is 81.5 cm³/mol. The van der Waals surface area contributed by atoms with E-state index in [0.717, 1.165) is 35.9 Å². The van der Waals surface area contributed by atoms with Crippen molar-refractivity contribution in [3.63, 3.8) is 0 Å². The highest BCUT2D eigenvalue weighted by molar-refractivity contribution is 7.99. The fourth-order valence-corrected chi connectivity index (χ4v) is 2.98. The highest BCUT2D eigenvalue weighted by Crippen LogP contribution is 2.27. The van der Waals surface area contributed by atoms with Crippen molar-refractivity contribution in [2.75, 3.05) is 5.75 Å². The molecule has 2 rings (SSSR count). The van der Waals surface area contributed by atoms with Gasteiger partial charge in [0.25, 0.3) is 0 Å². The normalized spacial score (nSPS) is 17.4. The van der Waals surface area contributed by atoms with Gasteiger partial charge >= 0.3 is 0 Å². The van der Waals surface area contributed by atoms with Crippen LogP contribution < -0.4 is 5.32 Å². The van der Waals surface area contributed by atoms with E-state index < -0.39 is 0 Å². The summed E-state index contributed by atoms with van der Waals surface area (Å²) in [4.78, 5) is 8.62. The third kappa shape index (κ3) is 4.46. The predicted octanol–water partition coefficient (Wildman–Crippen LogP) is 3.08. The van der Waals surface area contributed by atoms with Gasteiger partial charge in [0.05, 0.1) is 6.07 Å². The molecule has 1 N–H and O–H groups in total. The maximum atomic E-state index is 9.46. The molecule has 1 aromatic rings. The Morgan fingerprint density at radius 1 is 1.55 bits per heavy atom. The molecule has 0 spiro atoms. The molecule has 0 radical (unpaired) electrons. The number of nitriles is 1. The maximum absolute atomic E-state index is 9.46. The molecular weight excluding hydrogens is 268 g/mol. The van der Waals surface area contributed by atoms with Crippen molar-refractivity contribution in [1.82, 2.24) is 15.3 Å². The van der Waals surface area contributed by atoms with Gasteiger partial charge in [0.15, 0.2) is 5.16 Å². The van der Waals surface area contributed by atoms with Gasteiger partial charge < -0.3 is 0 Å². The Hall–Kier alpha value is -1.12. The van der Waals surface area contributed by atoms with Crippen LogP contribution in [0.25, 0.3) is 0 Å². The highest BCUT2D eigenvalue weighted by atomic mass is 32.2. The Labute approximate surface area is 125 Å². The number of nitrogens with one attached hydrogen (secondary N) is 1. The van der Waals surface area contributed by atoms with Crippen LogP contribution in [0.5, 0.6) is 0 Å². The lowest BCUT2D eigenvalue weighted by Gasteiger charge is -2.26. The van der Waals surface area contributed by atoms with Crippen molar-refractivity contribution in [3.8, 4) is 6.07 Å². The lowest BCUT2D eigenvalue weighted by Crippen LogP contribution is -2.44. The third-order valence-electron chi connectivity index (χ3n) is 3.63. The van der Waals surface area contributed by atoms with Gasteiger partial charge in [-0.05, 0) is 45.1 Å². The number of thioether (sulfide) groups is 1. The Bertz CT molecular complexity index is 481. The minimum absolute atomic E-state index is 0.338. The Morgan fingerprint density at radius 2 is 2.35 bits per heavy atom. The molecule has 108 valence electrons. The van der Waals surface area contributed by atoms with Gasteiger partial charge in [-0.3, -0.25) is 5.32 Å². The fraction of sp³-hybridized carbons (Fsp3) is 0.667. The lowest BCUT2D eigenvalue weighted by molar-refractivity contribution is 0.367. The molecule has 0 bridgehead atoms.